The molecular weight excluding hydrogens is 324 g/mol. The van der Waals surface area contributed by atoms with Crippen LogP contribution in [0.5, 0.6) is 0 Å². The van der Waals surface area contributed by atoms with E-state index in [-0.39, 0.29) is 0 Å². The molecule has 0 aliphatic carbocycles. The Morgan fingerprint density at radius 3 is 2.48 bits per heavy atom. The van der Waals surface area contributed by atoms with E-state index in [0.29, 0.717) is 0 Å². The molecule has 4 rings (SSSR count). The van der Waals surface area contributed by atoms with Crippen LogP contribution in [0.3, 0.4) is 0 Å². The van der Waals surface area contributed by atoms with Gasteiger partial charge in [0.05, 0.1) is 11.0 Å². The number of pyridine rings is 1. The van der Waals surface area contributed by atoms with E-state index in [1.54, 1.807) is 0 Å². The van der Waals surface area contributed by atoms with Crippen LogP contribution in [0, 0.1) is 6.92 Å². The third kappa shape index (κ3) is 1.88. The van der Waals surface area contributed by atoms with Crippen LogP contribution in [0.15, 0.2) is 65.3 Å². The number of aryl methyl sites for hydroxylation is 1. The van der Waals surface area contributed by atoms with Crippen LogP contribution in [0.2, 0.25) is 0 Å². The quantitative estimate of drug-likeness (QED) is 0.465. The zero-order valence-electron chi connectivity index (χ0n) is 11.5. The highest BCUT2D eigenvalue weighted by Gasteiger charge is 2.14. The van der Waals surface area contributed by atoms with Gasteiger partial charge in [0.1, 0.15) is 10.4 Å². The van der Waals surface area contributed by atoms with Crippen LogP contribution < -0.4 is 0 Å². The summed E-state index contributed by atoms with van der Waals surface area (Å²) in [4.78, 5) is 4.75. The highest BCUT2D eigenvalue weighted by molar-refractivity contribution is 9.10. The molecule has 0 bridgehead atoms. The lowest BCUT2D eigenvalue weighted by atomic mass is 10.1. The number of imidazole rings is 1. The Bertz CT molecular complexity index is 969. The topological polar surface area (TPSA) is 17.3 Å². The van der Waals surface area contributed by atoms with Gasteiger partial charge in [-0.3, -0.25) is 4.40 Å². The summed E-state index contributed by atoms with van der Waals surface area (Å²) in [6.45, 7) is 2.12. The molecule has 102 valence electrons. The van der Waals surface area contributed by atoms with E-state index in [4.69, 9.17) is 4.98 Å². The fourth-order valence-electron chi connectivity index (χ4n) is 2.80. The molecule has 0 fully saturated rings. The first-order chi connectivity index (χ1) is 10.3. The van der Waals surface area contributed by atoms with Crippen molar-refractivity contribution in [1.29, 1.82) is 0 Å². The van der Waals surface area contributed by atoms with Gasteiger partial charge in [0.15, 0.2) is 0 Å². The first kappa shape index (κ1) is 12.6. The lowest BCUT2D eigenvalue weighted by Gasteiger charge is -2.08. The third-order valence-corrected chi connectivity index (χ3v) is 4.44. The van der Waals surface area contributed by atoms with E-state index in [9.17, 15) is 0 Å². The molecule has 0 spiro atoms. The Labute approximate surface area is 131 Å². The highest BCUT2D eigenvalue weighted by Crippen LogP contribution is 2.31. The second-order valence-corrected chi connectivity index (χ2v) is 5.91. The van der Waals surface area contributed by atoms with Gasteiger partial charge in [-0.1, -0.05) is 48.5 Å². The second kappa shape index (κ2) is 4.71. The highest BCUT2D eigenvalue weighted by atomic mass is 79.9. The van der Waals surface area contributed by atoms with Gasteiger partial charge < -0.3 is 0 Å². The van der Waals surface area contributed by atoms with E-state index in [1.807, 2.05) is 0 Å². The Kier molecular flexibility index (Phi) is 2.82. The molecule has 2 aromatic carbocycles. The summed E-state index contributed by atoms with van der Waals surface area (Å²) in [6, 6.07) is 21.0. The number of fused-ring (bicyclic) bond motifs is 3. The van der Waals surface area contributed by atoms with Gasteiger partial charge in [-0.2, -0.15) is 0 Å². The molecule has 0 aliphatic rings. The molecule has 0 saturated heterocycles. The number of benzene rings is 2. The van der Waals surface area contributed by atoms with Crippen LogP contribution in [0.4, 0.5) is 0 Å². The molecule has 0 radical (unpaired) electrons. The fraction of sp³-hybridized carbons (Fsp3) is 0.0556. The molecule has 21 heavy (non-hydrogen) atoms. The second-order valence-electron chi connectivity index (χ2n) is 5.15. The van der Waals surface area contributed by atoms with Gasteiger partial charge in [0.25, 0.3) is 0 Å². The number of hydrogen-bond acceptors (Lipinski definition) is 1. The van der Waals surface area contributed by atoms with Crippen LogP contribution >= 0.6 is 15.9 Å². The summed E-state index contributed by atoms with van der Waals surface area (Å²) >= 11 is 3.59. The van der Waals surface area contributed by atoms with E-state index in [0.717, 1.165) is 21.5 Å². The van der Waals surface area contributed by atoms with Crippen molar-refractivity contribution in [2.45, 2.75) is 6.92 Å². The van der Waals surface area contributed by atoms with Crippen molar-refractivity contribution in [3.8, 4) is 11.4 Å². The third-order valence-electron chi connectivity index (χ3n) is 3.85. The van der Waals surface area contributed by atoms with Crippen molar-refractivity contribution in [2.24, 2.45) is 0 Å². The van der Waals surface area contributed by atoms with Crippen molar-refractivity contribution in [1.82, 2.24) is 9.38 Å². The minimum absolute atomic E-state index is 0.881. The summed E-state index contributed by atoms with van der Waals surface area (Å²) in [5, 5.41) is 1.21. The van der Waals surface area contributed by atoms with Gasteiger partial charge >= 0.3 is 0 Å². The molecule has 2 heterocycles. The van der Waals surface area contributed by atoms with E-state index >= 15 is 0 Å². The van der Waals surface area contributed by atoms with Crippen molar-refractivity contribution in [3.63, 3.8) is 0 Å². The SMILES string of the molecule is Cc1ccccc1-c1nc(Br)c2ccc3ccccc3n12. The summed E-state index contributed by atoms with van der Waals surface area (Å²) in [7, 11) is 0. The van der Waals surface area contributed by atoms with Crippen molar-refractivity contribution >= 4 is 32.3 Å². The van der Waals surface area contributed by atoms with Gasteiger partial charge in [-0.25, -0.2) is 4.98 Å². The Balaban J connectivity index is 2.20. The molecule has 0 amide bonds. The number of rotatable bonds is 1. The van der Waals surface area contributed by atoms with Gasteiger partial charge in [-0.15, -0.1) is 0 Å². The van der Waals surface area contributed by atoms with Crippen LogP contribution in [0.1, 0.15) is 5.56 Å². The molecule has 0 aliphatic heterocycles. The summed E-state index contributed by atoms with van der Waals surface area (Å²) in [6.07, 6.45) is 0. The maximum absolute atomic E-state index is 4.75. The standard InChI is InChI=1S/C18H13BrN2/c1-12-6-2-4-8-14(12)18-20-17(19)16-11-10-13-7-3-5-9-15(13)21(16)18/h2-11H,1H3. The number of para-hydroxylation sites is 1. The Hall–Kier alpha value is -2.13. The Morgan fingerprint density at radius 1 is 0.857 bits per heavy atom. The molecule has 2 aromatic heterocycles. The average Bonchev–Trinajstić information content (AvgIpc) is 2.85. The van der Waals surface area contributed by atoms with E-state index in [1.165, 1.54) is 16.5 Å². The van der Waals surface area contributed by atoms with Crippen molar-refractivity contribution in [2.75, 3.05) is 0 Å². The van der Waals surface area contributed by atoms with Gasteiger partial charge in [0.2, 0.25) is 0 Å². The number of aromatic nitrogens is 2. The molecule has 4 aromatic rings. The monoisotopic (exact) mass is 336 g/mol. The number of nitrogens with zero attached hydrogens (tertiary/aromatic N) is 2. The van der Waals surface area contributed by atoms with Crippen molar-refractivity contribution in [3.05, 3.63) is 70.8 Å². The lowest BCUT2D eigenvalue weighted by Crippen LogP contribution is -1.93. The van der Waals surface area contributed by atoms with Crippen LogP contribution in [0.25, 0.3) is 27.8 Å². The average molecular weight is 337 g/mol. The summed E-state index contributed by atoms with van der Waals surface area (Å²) in [5.41, 5.74) is 4.65. The smallest absolute Gasteiger partial charge is 0.146 e. The molecular formula is C18H13BrN2. The van der Waals surface area contributed by atoms with E-state index < -0.39 is 0 Å². The van der Waals surface area contributed by atoms with E-state index in [2.05, 4.69) is 87.9 Å². The minimum atomic E-state index is 0.881. The molecule has 2 nitrogen and oxygen atoms in total. The first-order valence-electron chi connectivity index (χ1n) is 6.87. The normalized spacial score (nSPS) is 11.3. The maximum atomic E-state index is 4.75. The largest absolute Gasteiger partial charge is 0.291 e. The molecule has 3 heteroatoms. The molecule has 0 N–H and O–H groups in total. The fourth-order valence-corrected chi connectivity index (χ4v) is 3.28. The lowest BCUT2D eigenvalue weighted by molar-refractivity contribution is 1.20. The zero-order valence-corrected chi connectivity index (χ0v) is 13.1. The number of hydrogen-bond donors (Lipinski definition) is 0. The number of halogens is 1. The van der Waals surface area contributed by atoms with Gasteiger partial charge in [-0.05, 0) is 45.9 Å². The molecule has 0 unspecified atom stereocenters. The maximum Gasteiger partial charge on any atom is 0.146 e. The predicted molar refractivity (Wildman–Crippen MR) is 90.6 cm³/mol. The summed E-state index contributed by atoms with van der Waals surface area (Å²) in [5.74, 6) is 0.978. The van der Waals surface area contributed by atoms with Crippen LogP contribution in [-0.4, -0.2) is 9.38 Å². The van der Waals surface area contributed by atoms with Gasteiger partial charge in [0, 0.05) is 5.56 Å². The predicted octanol–water partition coefficient (Wildman–Crippen LogP) is 5.23. The van der Waals surface area contributed by atoms with Crippen LogP contribution in [-0.2, 0) is 0 Å². The zero-order chi connectivity index (χ0) is 14.4. The molecule has 0 saturated carbocycles. The van der Waals surface area contributed by atoms with Crippen molar-refractivity contribution < 1.29 is 0 Å². The first-order valence-corrected chi connectivity index (χ1v) is 7.67. The molecule has 0 atom stereocenters. The Morgan fingerprint density at radius 2 is 1.62 bits per heavy atom. The summed E-state index contributed by atoms with van der Waals surface area (Å²) < 4.78 is 3.10. The minimum Gasteiger partial charge on any atom is -0.291 e.